The smallest absolute Gasteiger partial charge is 0.277 e. The molecule has 0 bridgehead atoms. The first-order chi connectivity index (χ1) is 11.9. The molecule has 4 rings (SSSR count). The Kier molecular flexibility index (Phi) is 4.39. The first-order valence-electron chi connectivity index (χ1n) is 7.22. The molecule has 8 heteroatoms. The number of thiophene rings is 1. The summed E-state index contributed by atoms with van der Waals surface area (Å²) < 4.78 is 11.3. The zero-order valence-electron chi connectivity index (χ0n) is 12.5. The number of rotatable bonds is 6. The van der Waals surface area contributed by atoms with Crippen LogP contribution in [-0.4, -0.2) is 20.4 Å². The van der Waals surface area contributed by atoms with Crippen molar-refractivity contribution in [2.24, 2.45) is 0 Å². The van der Waals surface area contributed by atoms with E-state index in [0.717, 1.165) is 10.4 Å². The highest BCUT2D eigenvalue weighted by Crippen LogP contribution is 2.26. The van der Waals surface area contributed by atoms with Crippen LogP contribution in [0.2, 0.25) is 0 Å². The maximum Gasteiger partial charge on any atom is 0.277 e. The molecule has 0 saturated heterocycles. The minimum Gasteiger partial charge on any atom is -0.419 e. The van der Waals surface area contributed by atoms with E-state index >= 15 is 0 Å². The van der Waals surface area contributed by atoms with Gasteiger partial charge in [0.15, 0.2) is 0 Å². The second-order valence-electron chi connectivity index (χ2n) is 4.89. The normalized spacial score (nSPS) is 11.0. The minimum atomic E-state index is 0.491. The van der Waals surface area contributed by atoms with E-state index in [1.54, 1.807) is 11.3 Å². The van der Waals surface area contributed by atoms with Crippen molar-refractivity contribution in [2.75, 3.05) is 0 Å². The van der Waals surface area contributed by atoms with Gasteiger partial charge in [-0.2, -0.15) is 0 Å². The SMILES string of the molecule is c1ccc(Cc2nnc(SCc3nnc(-c4cccs4)o3)o2)cc1. The summed E-state index contributed by atoms with van der Waals surface area (Å²) in [5, 5.41) is 18.7. The van der Waals surface area contributed by atoms with Crippen LogP contribution in [0.4, 0.5) is 0 Å². The fourth-order valence-corrected chi connectivity index (χ4v) is 3.34. The summed E-state index contributed by atoms with van der Waals surface area (Å²) in [7, 11) is 0. The zero-order valence-corrected chi connectivity index (χ0v) is 14.1. The predicted molar refractivity (Wildman–Crippen MR) is 90.7 cm³/mol. The van der Waals surface area contributed by atoms with E-state index in [0.29, 0.717) is 35.1 Å². The molecule has 0 spiro atoms. The molecule has 0 amide bonds. The molecule has 0 saturated carbocycles. The zero-order chi connectivity index (χ0) is 16.2. The summed E-state index contributed by atoms with van der Waals surface area (Å²) in [5.74, 6) is 2.15. The molecule has 24 heavy (non-hydrogen) atoms. The summed E-state index contributed by atoms with van der Waals surface area (Å²) in [4.78, 5) is 0.960. The summed E-state index contributed by atoms with van der Waals surface area (Å²) in [6.45, 7) is 0. The van der Waals surface area contributed by atoms with Crippen LogP contribution < -0.4 is 0 Å². The number of nitrogens with zero attached hydrogens (tertiary/aromatic N) is 4. The van der Waals surface area contributed by atoms with Gasteiger partial charge in [0.1, 0.15) is 0 Å². The number of hydrogen-bond donors (Lipinski definition) is 0. The van der Waals surface area contributed by atoms with E-state index in [1.165, 1.54) is 11.8 Å². The fraction of sp³-hybridized carbons (Fsp3) is 0.125. The number of hydrogen-bond acceptors (Lipinski definition) is 8. The van der Waals surface area contributed by atoms with Crippen LogP contribution in [0, 0.1) is 0 Å². The fourth-order valence-electron chi connectivity index (χ4n) is 2.07. The van der Waals surface area contributed by atoms with E-state index in [-0.39, 0.29) is 0 Å². The quantitative estimate of drug-likeness (QED) is 0.482. The molecule has 0 radical (unpaired) electrons. The molecule has 4 aromatic rings. The van der Waals surface area contributed by atoms with Gasteiger partial charge in [-0.05, 0) is 17.0 Å². The van der Waals surface area contributed by atoms with Crippen molar-refractivity contribution in [3.63, 3.8) is 0 Å². The lowest BCUT2D eigenvalue weighted by Gasteiger charge is -1.94. The molecule has 0 aliphatic carbocycles. The van der Waals surface area contributed by atoms with Gasteiger partial charge in [0, 0.05) is 0 Å². The Morgan fingerprint density at radius 1 is 0.875 bits per heavy atom. The molecule has 0 aliphatic rings. The van der Waals surface area contributed by atoms with E-state index in [2.05, 4.69) is 20.4 Å². The van der Waals surface area contributed by atoms with Gasteiger partial charge < -0.3 is 8.83 Å². The Morgan fingerprint density at radius 3 is 2.58 bits per heavy atom. The molecule has 1 aromatic carbocycles. The summed E-state index contributed by atoms with van der Waals surface area (Å²) in [5.41, 5.74) is 1.13. The highest BCUT2D eigenvalue weighted by atomic mass is 32.2. The van der Waals surface area contributed by atoms with E-state index in [9.17, 15) is 0 Å². The van der Waals surface area contributed by atoms with Gasteiger partial charge in [-0.1, -0.05) is 48.2 Å². The van der Waals surface area contributed by atoms with Crippen molar-refractivity contribution >= 4 is 23.1 Å². The molecule has 3 heterocycles. The molecule has 120 valence electrons. The van der Waals surface area contributed by atoms with Crippen LogP contribution in [-0.2, 0) is 12.2 Å². The number of benzene rings is 1. The lowest BCUT2D eigenvalue weighted by molar-refractivity contribution is 0.419. The third kappa shape index (κ3) is 3.55. The Labute approximate surface area is 146 Å². The molecule has 0 N–H and O–H groups in total. The van der Waals surface area contributed by atoms with Crippen molar-refractivity contribution in [3.05, 3.63) is 65.2 Å². The minimum absolute atomic E-state index is 0.491. The first-order valence-corrected chi connectivity index (χ1v) is 9.09. The van der Waals surface area contributed by atoms with E-state index in [1.807, 2.05) is 47.8 Å². The lowest BCUT2D eigenvalue weighted by Crippen LogP contribution is -1.87. The summed E-state index contributed by atoms with van der Waals surface area (Å²) in [6, 6.07) is 13.9. The van der Waals surface area contributed by atoms with Crippen LogP contribution in [0.15, 0.2) is 61.9 Å². The van der Waals surface area contributed by atoms with Crippen LogP contribution >= 0.6 is 23.1 Å². The van der Waals surface area contributed by atoms with Crippen LogP contribution in [0.1, 0.15) is 17.3 Å². The van der Waals surface area contributed by atoms with Crippen molar-refractivity contribution < 1.29 is 8.83 Å². The second kappa shape index (κ2) is 6.98. The maximum atomic E-state index is 5.64. The maximum absolute atomic E-state index is 5.64. The van der Waals surface area contributed by atoms with Gasteiger partial charge in [0.25, 0.3) is 11.1 Å². The monoisotopic (exact) mass is 356 g/mol. The van der Waals surface area contributed by atoms with Gasteiger partial charge >= 0.3 is 0 Å². The van der Waals surface area contributed by atoms with Gasteiger partial charge in [-0.25, -0.2) is 0 Å². The second-order valence-corrected chi connectivity index (χ2v) is 6.77. The van der Waals surface area contributed by atoms with Gasteiger partial charge in [-0.15, -0.1) is 31.7 Å². The topological polar surface area (TPSA) is 77.8 Å². The first kappa shape index (κ1) is 15.1. The highest BCUT2D eigenvalue weighted by molar-refractivity contribution is 7.98. The van der Waals surface area contributed by atoms with Crippen LogP contribution in [0.5, 0.6) is 0 Å². The van der Waals surface area contributed by atoms with Crippen molar-refractivity contribution in [1.29, 1.82) is 0 Å². The standard InChI is InChI=1S/C16H12N4O2S2/c1-2-5-11(6-3-1)9-13-17-20-16(22-13)24-10-14-18-19-15(21-14)12-7-4-8-23-12/h1-8H,9-10H2. The Hall–Kier alpha value is -2.45. The van der Waals surface area contributed by atoms with Crippen LogP contribution in [0.3, 0.4) is 0 Å². The Bertz CT molecular complexity index is 903. The number of aromatic nitrogens is 4. The lowest BCUT2D eigenvalue weighted by atomic mass is 10.2. The Morgan fingerprint density at radius 2 is 1.75 bits per heavy atom. The molecule has 0 aliphatic heterocycles. The molecule has 0 atom stereocenters. The average Bonchev–Trinajstić information content (AvgIpc) is 3.35. The molecule has 0 fully saturated rings. The molecular weight excluding hydrogens is 344 g/mol. The molecular formula is C16H12N4O2S2. The largest absolute Gasteiger partial charge is 0.419 e. The summed E-state index contributed by atoms with van der Waals surface area (Å²) >= 11 is 2.95. The molecule has 6 nitrogen and oxygen atoms in total. The van der Waals surface area contributed by atoms with E-state index in [4.69, 9.17) is 8.83 Å². The average molecular weight is 356 g/mol. The Balaban J connectivity index is 1.36. The van der Waals surface area contributed by atoms with Crippen molar-refractivity contribution in [3.8, 4) is 10.8 Å². The van der Waals surface area contributed by atoms with Crippen molar-refractivity contribution in [1.82, 2.24) is 20.4 Å². The van der Waals surface area contributed by atoms with Crippen LogP contribution in [0.25, 0.3) is 10.8 Å². The van der Waals surface area contributed by atoms with Gasteiger partial charge in [0.05, 0.1) is 17.1 Å². The molecule has 0 unspecified atom stereocenters. The summed E-state index contributed by atoms with van der Waals surface area (Å²) in [6.07, 6.45) is 0.623. The third-order valence-electron chi connectivity index (χ3n) is 3.16. The van der Waals surface area contributed by atoms with E-state index < -0.39 is 0 Å². The van der Waals surface area contributed by atoms with Crippen molar-refractivity contribution in [2.45, 2.75) is 17.4 Å². The van der Waals surface area contributed by atoms with Gasteiger partial charge in [0.2, 0.25) is 11.8 Å². The molecule has 3 aromatic heterocycles. The highest BCUT2D eigenvalue weighted by Gasteiger charge is 2.12. The van der Waals surface area contributed by atoms with Gasteiger partial charge in [-0.3, -0.25) is 0 Å². The third-order valence-corrected chi connectivity index (χ3v) is 4.83. The number of thioether (sulfide) groups is 1. The predicted octanol–water partition coefficient (Wildman–Crippen LogP) is 4.06.